The predicted octanol–water partition coefficient (Wildman–Crippen LogP) is 1.67. The minimum absolute atomic E-state index is 0.0167. The first kappa shape index (κ1) is 25.8. The summed E-state index contributed by atoms with van der Waals surface area (Å²) >= 11 is 1.45. The number of carbonyl (C=O) groups excluding carboxylic acids is 2. The standard InChI is InChI=1S/C25H38N4O6S/c1-24-4-3-19(31)25(2,15-30)18(24)14-17-21(16(24)13-20(32)28-5-9-34-10-6-28)26-22(36-17)27-23(33)29-7-11-35-12-8-29/h16,18-19,30-31H,3-15H2,1-2H3,(H,26,27,33)/t16-,18+,19-,24+,25+/m1/s1. The quantitative estimate of drug-likeness (QED) is 0.549. The molecular weight excluding hydrogens is 484 g/mol. The van der Waals surface area contributed by atoms with Gasteiger partial charge in [0.15, 0.2) is 5.13 Å². The van der Waals surface area contributed by atoms with Crippen LogP contribution in [0.25, 0.3) is 0 Å². The maximum Gasteiger partial charge on any atom is 0.323 e. The number of rotatable bonds is 4. The predicted molar refractivity (Wildman–Crippen MR) is 134 cm³/mol. The topological polar surface area (TPSA) is 124 Å². The number of hydrogen-bond donors (Lipinski definition) is 3. The van der Waals surface area contributed by atoms with Crippen LogP contribution in [-0.4, -0.2) is 102 Å². The van der Waals surface area contributed by atoms with Crippen molar-refractivity contribution in [3.63, 3.8) is 0 Å². The average Bonchev–Trinajstić information content (AvgIpc) is 3.30. The lowest BCUT2D eigenvalue weighted by Gasteiger charge is -2.58. The molecule has 0 radical (unpaired) electrons. The van der Waals surface area contributed by atoms with Gasteiger partial charge in [-0.15, -0.1) is 11.3 Å². The monoisotopic (exact) mass is 522 g/mol. The second-order valence-corrected chi connectivity index (χ2v) is 12.2. The van der Waals surface area contributed by atoms with Gasteiger partial charge in [-0.25, -0.2) is 9.78 Å². The van der Waals surface area contributed by atoms with Crippen molar-refractivity contribution < 1.29 is 29.3 Å². The third-order valence-electron chi connectivity index (χ3n) is 9.15. The Bertz CT molecular complexity index is 978. The number of aliphatic hydroxyl groups is 2. The van der Waals surface area contributed by atoms with Crippen LogP contribution in [0.1, 0.15) is 49.6 Å². The summed E-state index contributed by atoms with van der Waals surface area (Å²) in [5.41, 5.74) is -0.105. The third-order valence-corrected chi connectivity index (χ3v) is 10.2. The lowest BCUT2D eigenvalue weighted by molar-refractivity contribution is -0.149. The fraction of sp³-hybridized carbons (Fsp3) is 0.800. The summed E-state index contributed by atoms with van der Waals surface area (Å²) in [5, 5.41) is 24.9. The van der Waals surface area contributed by atoms with E-state index in [1.54, 1.807) is 4.90 Å². The van der Waals surface area contributed by atoms with E-state index >= 15 is 0 Å². The summed E-state index contributed by atoms with van der Waals surface area (Å²) in [6.45, 7) is 8.44. The number of aromatic nitrogens is 1. The van der Waals surface area contributed by atoms with Crippen LogP contribution >= 0.6 is 11.3 Å². The zero-order chi connectivity index (χ0) is 25.5. The summed E-state index contributed by atoms with van der Waals surface area (Å²) < 4.78 is 10.8. The lowest BCUT2D eigenvalue weighted by atomic mass is 9.47. The number of urea groups is 1. The van der Waals surface area contributed by atoms with Crippen molar-refractivity contribution >= 4 is 28.4 Å². The van der Waals surface area contributed by atoms with Gasteiger partial charge in [0.05, 0.1) is 44.8 Å². The molecule has 0 aromatic carbocycles. The highest BCUT2D eigenvalue weighted by atomic mass is 32.1. The van der Waals surface area contributed by atoms with E-state index in [-0.39, 0.29) is 35.8 Å². The van der Waals surface area contributed by atoms with Crippen LogP contribution in [0.3, 0.4) is 0 Å². The highest BCUT2D eigenvalue weighted by molar-refractivity contribution is 7.15. The molecule has 5 atom stereocenters. The van der Waals surface area contributed by atoms with Crippen molar-refractivity contribution in [2.45, 2.75) is 51.6 Å². The molecule has 3 heterocycles. The van der Waals surface area contributed by atoms with Crippen LogP contribution in [0.4, 0.5) is 9.93 Å². The zero-order valence-electron chi connectivity index (χ0n) is 21.2. The molecule has 5 rings (SSSR count). The number of anilines is 1. The molecule has 2 saturated heterocycles. The van der Waals surface area contributed by atoms with Crippen LogP contribution in [0.5, 0.6) is 0 Å². The number of fused-ring (bicyclic) bond motifs is 2. The Labute approximate surface area is 216 Å². The number of carbonyl (C=O) groups is 2. The summed E-state index contributed by atoms with van der Waals surface area (Å²) in [4.78, 5) is 35.8. The van der Waals surface area contributed by atoms with Crippen molar-refractivity contribution in [1.82, 2.24) is 14.8 Å². The Morgan fingerprint density at radius 3 is 2.39 bits per heavy atom. The molecule has 0 unspecified atom stereocenters. The van der Waals surface area contributed by atoms with Crippen molar-refractivity contribution in [3.05, 3.63) is 10.6 Å². The molecule has 36 heavy (non-hydrogen) atoms. The van der Waals surface area contributed by atoms with E-state index in [1.807, 2.05) is 11.8 Å². The largest absolute Gasteiger partial charge is 0.396 e. The van der Waals surface area contributed by atoms with Gasteiger partial charge in [-0.1, -0.05) is 13.8 Å². The molecule has 200 valence electrons. The van der Waals surface area contributed by atoms with Crippen molar-refractivity contribution in [1.29, 1.82) is 0 Å². The Kier molecular flexibility index (Phi) is 7.30. The van der Waals surface area contributed by atoms with E-state index in [0.717, 1.165) is 17.0 Å². The molecular formula is C25H38N4O6S. The number of ether oxygens (including phenoxy) is 2. The highest BCUT2D eigenvalue weighted by Crippen LogP contribution is 2.62. The van der Waals surface area contributed by atoms with Crippen molar-refractivity contribution in [2.24, 2.45) is 16.7 Å². The Morgan fingerprint density at radius 1 is 1.11 bits per heavy atom. The number of morpholine rings is 2. The number of nitrogens with one attached hydrogen (secondary N) is 1. The van der Waals surface area contributed by atoms with E-state index in [2.05, 4.69) is 12.2 Å². The zero-order valence-corrected chi connectivity index (χ0v) is 22.0. The second kappa shape index (κ2) is 10.2. The van der Waals surface area contributed by atoms with E-state index in [1.165, 1.54) is 11.3 Å². The number of thiazole rings is 1. The molecule has 1 aromatic heterocycles. The first-order valence-corrected chi connectivity index (χ1v) is 13.9. The van der Waals surface area contributed by atoms with Gasteiger partial charge in [0.2, 0.25) is 5.91 Å². The maximum atomic E-state index is 13.4. The van der Waals surface area contributed by atoms with Gasteiger partial charge >= 0.3 is 6.03 Å². The van der Waals surface area contributed by atoms with Crippen LogP contribution in [0.15, 0.2) is 0 Å². The molecule has 2 aliphatic carbocycles. The van der Waals surface area contributed by atoms with Gasteiger partial charge in [-0.05, 0) is 30.6 Å². The Morgan fingerprint density at radius 2 is 1.75 bits per heavy atom. The smallest absolute Gasteiger partial charge is 0.323 e. The first-order valence-electron chi connectivity index (χ1n) is 13.0. The molecule has 0 spiro atoms. The molecule has 2 aliphatic heterocycles. The van der Waals surface area contributed by atoms with Gasteiger partial charge in [-0.2, -0.15) is 0 Å². The first-order chi connectivity index (χ1) is 17.3. The summed E-state index contributed by atoms with van der Waals surface area (Å²) in [5.74, 6) is -0.0953. The molecule has 1 saturated carbocycles. The van der Waals surface area contributed by atoms with E-state index < -0.39 is 11.5 Å². The van der Waals surface area contributed by atoms with Gasteiger partial charge in [0.1, 0.15) is 0 Å². The fourth-order valence-electron chi connectivity index (χ4n) is 6.75. The molecule has 3 fully saturated rings. The Balaban J connectivity index is 1.46. The minimum Gasteiger partial charge on any atom is -0.396 e. The van der Waals surface area contributed by atoms with E-state index in [4.69, 9.17) is 14.5 Å². The van der Waals surface area contributed by atoms with Gasteiger partial charge in [0, 0.05) is 48.8 Å². The lowest BCUT2D eigenvalue weighted by Crippen LogP contribution is -2.58. The molecule has 3 N–H and O–H groups in total. The SMILES string of the molecule is C[C@]1(CO)[C@H]2Cc3sc(NC(=O)N4CCOCC4)nc3[C@@H](CC(=O)N3CCOCC3)[C@]2(C)CC[C@H]1O. The third kappa shape index (κ3) is 4.53. The van der Waals surface area contributed by atoms with Gasteiger partial charge in [-0.3, -0.25) is 10.1 Å². The number of nitrogens with zero attached hydrogens (tertiary/aromatic N) is 3. The van der Waals surface area contributed by atoms with Gasteiger partial charge < -0.3 is 29.5 Å². The van der Waals surface area contributed by atoms with Crippen LogP contribution < -0.4 is 5.32 Å². The summed E-state index contributed by atoms with van der Waals surface area (Å²) in [7, 11) is 0. The maximum absolute atomic E-state index is 13.4. The van der Waals surface area contributed by atoms with Crippen LogP contribution in [-0.2, 0) is 20.7 Å². The highest BCUT2D eigenvalue weighted by Gasteiger charge is 2.59. The minimum atomic E-state index is -0.674. The van der Waals surface area contributed by atoms with Crippen LogP contribution in [0.2, 0.25) is 0 Å². The second-order valence-electron chi connectivity index (χ2n) is 11.1. The van der Waals surface area contributed by atoms with E-state index in [9.17, 15) is 19.8 Å². The molecule has 3 amide bonds. The molecule has 0 bridgehead atoms. The number of aliphatic hydroxyl groups excluding tert-OH is 2. The van der Waals surface area contributed by atoms with Gasteiger partial charge in [0.25, 0.3) is 0 Å². The van der Waals surface area contributed by atoms with Crippen molar-refractivity contribution in [3.8, 4) is 0 Å². The van der Waals surface area contributed by atoms with E-state index in [0.29, 0.717) is 77.0 Å². The summed E-state index contributed by atoms with van der Waals surface area (Å²) in [6.07, 6.45) is 1.70. The molecule has 11 heteroatoms. The molecule has 4 aliphatic rings. The average molecular weight is 523 g/mol. The van der Waals surface area contributed by atoms with Crippen molar-refractivity contribution in [2.75, 3.05) is 64.5 Å². The van der Waals surface area contributed by atoms with Crippen LogP contribution in [0, 0.1) is 16.7 Å². The molecule has 10 nitrogen and oxygen atoms in total. The Hall–Kier alpha value is -1.79. The fourth-order valence-corrected chi connectivity index (χ4v) is 7.81. The normalized spacial score (nSPS) is 34.6. The number of amides is 3. The summed E-state index contributed by atoms with van der Waals surface area (Å²) in [6, 6.07) is -0.190. The number of hydrogen-bond acceptors (Lipinski definition) is 8. The molecule has 1 aromatic rings.